The molecule has 0 bridgehead atoms. The van der Waals surface area contributed by atoms with E-state index in [1.54, 1.807) is 24.3 Å². The van der Waals surface area contributed by atoms with Gasteiger partial charge in [-0.15, -0.1) is 0 Å². The fourth-order valence-corrected chi connectivity index (χ4v) is 2.06. The standard InChI is InChI=1S/C15H22N2OS/c1-4-10(2)9-11(3)17-15(18)13-7-5-12(6-8-13)14(16)19/h5-8,10-11H,4,9H2,1-3H3,(H2,16,19)(H,17,18). The summed E-state index contributed by atoms with van der Waals surface area (Å²) >= 11 is 4.88. The number of hydrogen-bond acceptors (Lipinski definition) is 2. The Morgan fingerprint density at radius 2 is 1.79 bits per heavy atom. The van der Waals surface area contributed by atoms with E-state index in [0.717, 1.165) is 18.4 Å². The lowest BCUT2D eigenvalue weighted by molar-refractivity contribution is 0.0935. The van der Waals surface area contributed by atoms with E-state index in [1.807, 2.05) is 6.92 Å². The lowest BCUT2D eigenvalue weighted by atomic mass is 10.00. The van der Waals surface area contributed by atoms with Gasteiger partial charge < -0.3 is 11.1 Å². The lowest BCUT2D eigenvalue weighted by Crippen LogP contribution is -2.33. The van der Waals surface area contributed by atoms with Crippen molar-refractivity contribution in [2.75, 3.05) is 0 Å². The van der Waals surface area contributed by atoms with Crippen molar-refractivity contribution in [3.63, 3.8) is 0 Å². The van der Waals surface area contributed by atoms with E-state index in [1.165, 1.54) is 0 Å². The van der Waals surface area contributed by atoms with Crippen molar-refractivity contribution < 1.29 is 4.79 Å². The molecule has 0 aliphatic rings. The monoisotopic (exact) mass is 278 g/mol. The Bertz CT molecular complexity index is 442. The predicted octanol–water partition coefficient (Wildman–Crippen LogP) is 2.88. The molecule has 1 amide bonds. The molecule has 1 aromatic carbocycles. The van der Waals surface area contributed by atoms with Crippen molar-refractivity contribution in [3.05, 3.63) is 35.4 Å². The van der Waals surface area contributed by atoms with Crippen LogP contribution >= 0.6 is 12.2 Å². The van der Waals surface area contributed by atoms with Crippen LogP contribution in [0.3, 0.4) is 0 Å². The topological polar surface area (TPSA) is 55.1 Å². The van der Waals surface area contributed by atoms with Crippen molar-refractivity contribution in [1.29, 1.82) is 0 Å². The highest BCUT2D eigenvalue weighted by Crippen LogP contribution is 2.10. The van der Waals surface area contributed by atoms with Crippen molar-refractivity contribution in [1.82, 2.24) is 5.32 Å². The van der Waals surface area contributed by atoms with Crippen molar-refractivity contribution in [2.24, 2.45) is 11.7 Å². The van der Waals surface area contributed by atoms with Crippen molar-refractivity contribution in [2.45, 2.75) is 39.7 Å². The Labute approximate surface area is 120 Å². The molecular weight excluding hydrogens is 256 g/mol. The molecule has 2 unspecified atom stereocenters. The van der Waals surface area contributed by atoms with Crippen LogP contribution in [0.4, 0.5) is 0 Å². The van der Waals surface area contributed by atoms with Gasteiger partial charge in [0, 0.05) is 17.2 Å². The fraction of sp³-hybridized carbons (Fsp3) is 0.467. The molecule has 1 aromatic rings. The molecule has 0 aromatic heterocycles. The number of nitrogens with two attached hydrogens (primary N) is 1. The summed E-state index contributed by atoms with van der Waals surface area (Å²) < 4.78 is 0. The molecule has 19 heavy (non-hydrogen) atoms. The lowest BCUT2D eigenvalue weighted by Gasteiger charge is -2.17. The van der Waals surface area contributed by atoms with E-state index in [4.69, 9.17) is 18.0 Å². The maximum absolute atomic E-state index is 12.0. The molecule has 0 saturated heterocycles. The Morgan fingerprint density at radius 1 is 1.26 bits per heavy atom. The Balaban J connectivity index is 2.60. The fourth-order valence-electron chi connectivity index (χ4n) is 1.92. The maximum atomic E-state index is 12.0. The number of hydrogen-bond donors (Lipinski definition) is 2. The molecule has 0 aliphatic carbocycles. The van der Waals surface area contributed by atoms with E-state index < -0.39 is 0 Å². The number of thiocarbonyl (C=S) groups is 1. The summed E-state index contributed by atoms with van der Waals surface area (Å²) in [6, 6.07) is 7.23. The Hall–Kier alpha value is -1.42. The first-order chi connectivity index (χ1) is 8.93. The van der Waals surface area contributed by atoms with Gasteiger partial charge >= 0.3 is 0 Å². The van der Waals surface area contributed by atoms with Gasteiger partial charge in [0.1, 0.15) is 4.99 Å². The second-order valence-electron chi connectivity index (χ2n) is 5.07. The SMILES string of the molecule is CCC(C)CC(C)NC(=O)c1ccc(C(N)=S)cc1. The smallest absolute Gasteiger partial charge is 0.251 e. The summed E-state index contributed by atoms with van der Waals surface area (Å²) in [4.78, 5) is 12.4. The van der Waals surface area contributed by atoms with Gasteiger partial charge in [-0.25, -0.2) is 0 Å². The predicted molar refractivity (Wildman–Crippen MR) is 83.3 cm³/mol. The third-order valence-electron chi connectivity index (χ3n) is 3.26. The zero-order valence-corrected chi connectivity index (χ0v) is 12.6. The molecule has 3 N–H and O–H groups in total. The highest BCUT2D eigenvalue weighted by Gasteiger charge is 2.12. The second kappa shape index (κ2) is 7.24. The van der Waals surface area contributed by atoms with Crippen LogP contribution in [0.2, 0.25) is 0 Å². The van der Waals surface area contributed by atoms with Crippen LogP contribution in [-0.2, 0) is 0 Å². The zero-order valence-electron chi connectivity index (χ0n) is 11.8. The summed E-state index contributed by atoms with van der Waals surface area (Å²) in [5, 5.41) is 3.01. The molecule has 0 radical (unpaired) electrons. The van der Waals surface area contributed by atoms with Gasteiger partial charge in [0.2, 0.25) is 0 Å². The van der Waals surface area contributed by atoms with E-state index in [0.29, 0.717) is 16.5 Å². The number of benzene rings is 1. The van der Waals surface area contributed by atoms with E-state index in [-0.39, 0.29) is 11.9 Å². The Morgan fingerprint density at radius 3 is 2.26 bits per heavy atom. The first-order valence-electron chi connectivity index (χ1n) is 6.64. The highest BCUT2D eigenvalue weighted by atomic mass is 32.1. The van der Waals surface area contributed by atoms with E-state index in [2.05, 4.69) is 19.2 Å². The minimum atomic E-state index is -0.0507. The number of rotatable bonds is 6. The highest BCUT2D eigenvalue weighted by molar-refractivity contribution is 7.80. The van der Waals surface area contributed by atoms with Gasteiger partial charge in [0.25, 0.3) is 5.91 Å². The average Bonchev–Trinajstić information content (AvgIpc) is 2.38. The van der Waals surface area contributed by atoms with Crippen LogP contribution in [-0.4, -0.2) is 16.9 Å². The van der Waals surface area contributed by atoms with Gasteiger partial charge in [0.05, 0.1) is 0 Å². The Kier molecular flexibility index (Phi) is 5.96. The molecule has 0 heterocycles. The molecule has 1 rings (SSSR count). The third-order valence-corrected chi connectivity index (χ3v) is 3.50. The van der Waals surface area contributed by atoms with Crippen molar-refractivity contribution >= 4 is 23.1 Å². The van der Waals surface area contributed by atoms with Crippen LogP contribution in [0.1, 0.15) is 49.5 Å². The van der Waals surface area contributed by atoms with Gasteiger partial charge in [0.15, 0.2) is 0 Å². The minimum Gasteiger partial charge on any atom is -0.389 e. The number of nitrogens with one attached hydrogen (secondary N) is 1. The summed E-state index contributed by atoms with van der Waals surface area (Å²) in [7, 11) is 0. The van der Waals surface area contributed by atoms with Gasteiger partial charge in [-0.2, -0.15) is 0 Å². The first kappa shape index (κ1) is 15.6. The molecule has 2 atom stereocenters. The molecule has 104 valence electrons. The van der Waals surface area contributed by atoms with E-state index in [9.17, 15) is 4.79 Å². The van der Waals surface area contributed by atoms with Crippen LogP contribution in [0.15, 0.2) is 24.3 Å². The third kappa shape index (κ3) is 4.99. The molecule has 0 saturated carbocycles. The average molecular weight is 278 g/mol. The molecule has 0 fully saturated rings. The zero-order chi connectivity index (χ0) is 14.4. The van der Waals surface area contributed by atoms with Crippen LogP contribution < -0.4 is 11.1 Å². The summed E-state index contributed by atoms with van der Waals surface area (Å²) in [6.45, 7) is 6.39. The summed E-state index contributed by atoms with van der Waals surface area (Å²) in [6.07, 6.45) is 2.12. The molecule has 0 spiro atoms. The minimum absolute atomic E-state index is 0.0507. The van der Waals surface area contributed by atoms with Gasteiger partial charge in [-0.05, 0) is 31.4 Å². The summed E-state index contributed by atoms with van der Waals surface area (Å²) in [5.74, 6) is 0.567. The van der Waals surface area contributed by atoms with E-state index >= 15 is 0 Å². The quantitative estimate of drug-likeness (QED) is 0.787. The number of amides is 1. The van der Waals surface area contributed by atoms with Crippen molar-refractivity contribution in [3.8, 4) is 0 Å². The maximum Gasteiger partial charge on any atom is 0.251 e. The van der Waals surface area contributed by atoms with Gasteiger partial charge in [-0.3, -0.25) is 4.79 Å². The second-order valence-corrected chi connectivity index (χ2v) is 5.51. The summed E-state index contributed by atoms with van der Waals surface area (Å²) in [5.41, 5.74) is 6.93. The van der Waals surface area contributed by atoms with Crippen LogP contribution in [0.25, 0.3) is 0 Å². The van der Waals surface area contributed by atoms with Crippen LogP contribution in [0, 0.1) is 5.92 Å². The molecule has 3 nitrogen and oxygen atoms in total. The number of carbonyl (C=O) groups is 1. The molecule has 4 heteroatoms. The molecule has 0 aliphatic heterocycles. The van der Waals surface area contributed by atoms with Gasteiger partial charge in [-0.1, -0.05) is 44.6 Å². The number of carbonyl (C=O) groups excluding carboxylic acids is 1. The normalized spacial score (nSPS) is 13.6. The molecular formula is C15H22N2OS. The van der Waals surface area contributed by atoms with Crippen LogP contribution in [0.5, 0.6) is 0 Å². The largest absolute Gasteiger partial charge is 0.389 e. The first-order valence-corrected chi connectivity index (χ1v) is 7.05.